The number of esters is 4. The molecule has 0 aliphatic heterocycles. The molecule has 0 aliphatic rings. The summed E-state index contributed by atoms with van der Waals surface area (Å²) >= 11 is 0. The molecule has 0 atom stereocenters. The van der Waals surface area contributed by atoms with Crippen LogP contribution in [0.5, 0.6) is 23.0 Å². The molecule has 1 N–H and O–H groups in total. The minimum Gasteiger partial charge on any atom is -0.494 e. The highest BCUT2D eigenvalue weighted by Gasteiger charge is 2.12. The van der Waals surface area contributed by atoms with Gasteiger partial charge in [0.25, 0.3) is 0 Å². The van der Waals surface area contributed by atoms with Crippen molar-refractivity contribution >= 4 is 23.9 Å². The molecule has 0 aliphatic carbocycles. The van der Waals surface area contributed by atoms with Gasteiger partial charge in [0, 0.05) is 19.1 Å². The van der Waals surface area contributed by atoms with Crippen LogP contribution in [0.2, 0.25) is 0 Å². The first kappa shape index (κ1) is 48.2. The molecule has 59 heavy (non-hydrogen) atoms. The Bertz CT molecular complexity index is 1620. The molecule has 3 aromatic carbocycles. The van der Waals surface area contributed by atoms with Gasteiger partial charge in [0.15, 0.2) is 0 Å². The van der Waals surface area contributed by atoms with Gasteiger partial charge in [0.2, 0.25) is 0 Å². The van der Waals surface area contributed by atoms with E-state index in [-0.39, 0.29) is 18.5 Å². The Labute approximate surface area is 350 Å². The first-order valence-corrected chi connectivity index (χ1v) is 21.4. The van der Waals surface area contributed by atoms with Crippen LogP contribution in [0.1, 0.15) is 143 Å². The van der Waals surface area contributed by atoms with Crippen molar-refractivity contribution in [3.05, 3.63) is 96.6 Å². The lowest BCUT2D eigenvalue weighted by Crippen LogP contribution is -2.09. The molecule has 0 fully saturated rings. The van der Waals surface area contributed by atoms with Crippen LogP contribution in [0.3, 0.4) is 0 Å². The summed E-state index contributed by atoms with van der Waals surface area (Å²) in [5.41, 5.74) is 0.776. The molecule has 0 heterocycles. The monoisotopic (exact) mass is 816 g/mol. The Morgan fingerprint density at radius 2 is 0.797 bits per heavy atom. The maximum absolute atomic E-state index is 12.7. The van der Waals surface area contributed by atoms with E-state index in [1.807, 2.05) is 0 Å². The number of rotatable bonds is 33. The number of hydrogen-bond acceptors (Lipinski definition) is 11. The smallest absolute Gasteiger partial charge is 0.343 e. The molecular formula is C48H64O11. The van der Waals surface area contributed by atoms with Crippen molar-refractivity contribution in [2.24, 2.45) is 0 Å². The van der Waals surface area contributed by atoms with Gasteiger partial charge in [0.1, 0.15) is 23.0 Å². The van der Waals surface area contributed by atoms with Gasteiger partial charge < -0.3 is 33.5 Å². The fourth-order valence-corrected chi connectivity index (χ4v) is 6.06. The van der Waals surface area contributed by atoms with E-state index in [1.54, 1.807) is 72.8 Å². The van der Waals surface area contributed by atoms with Gasteiger partial charge in [-0.25, -0.2) is 14.4 Å². The summed E-state index contributed by atoms with van der Waals surface area (Å²) in [5, 5.41) is 8.77. The molecule has 322 valence electrons. The number of unbranched alkanes of at least 4 members (excludes halogenated alkanes) is 15. The van der Waals surface area contributed by atoms with Crippen LogP contribution in [0.25, 0.3) is 0 Å². The molecule has 3 rings (SSSR count). The highest BCUT2D eigenvalue weighted by atomic mass is 16.5. The second-order valence-corrected chi connectivity index (χ2v) is 14.4. The van der Waals surface area contributed by atoms with Gasteiger partial charge in [-0.3, -0.25) is 4.79 Å². The second kappa shape index (κ2) is 30.9. The predicted octanol–water partition coefficient (Wildman–Crippen LogP) is 10.6. The lowest BCUT2D eigenvalue weighted by Gasteiger charge is -2.09. The molecule has 0 saturated heterocycles. The maximum Gasteiger partial charge on any atom is 0.343 e. The van der Waals surface area contributed by atoms with Crippen molar-refractivity contribution in [2.45, 2.75) is 122 Å². The van der Waals surface area contributed by atoms with Gasteiger partial charge in [-0.05, 0) is 111 Å². The van der Waals surface area contributed by atoms with E-state index >= 15 is 0 Å². The fraction of sp³-hybridized carbons (Fsp3) is 0.500. The summed E-state index contributed by atoms with van der Waals surface area (Å²) in [5.74, 6) is 0.492. The summed E-state index contributed by atoms with van der Waals surface area (Å²) < 4.78 is 32.9. The molecule has 0 bridgehead atoms. The lowest BCUT2D eigenvalue weighted by molar-refractivity contribution is -0.144. The Kier molecular flexibility index (Phi) is 25.2. The minimum atomic E-state index is -0.512. The van der Waals surface area contributed by atoms with Gasteiger partial charge in [-0.2, -0.15) is 0 Å². The van der Waals surface area contributed by atoms with Gasteiger partial charge in [-0.15, -0.1) is 0 Å². The van der Waals surface area contributed by atoms with E-state index in [0.29, 0.717) is 67.0 Å². The number of hydrogen-bond donors (Lipinski definition) is 1. The highest BCUT2D eigenvalue weighted by molar-refractivity contribution is 5.92. The van der Waals surface area contributed by atoms with Crippen LogP contribution in [0.4, 0.5) is 0 Å². The molecule has 0 unspecified atom stereocenters. The molecule has 0 spiro atoms. The summed E-state index contributed by atoms with van der Waals surface area (Å²) in [7, 11) is 0. The molecule has 3 aromatic rings. The van der Waals surface area contributed by atoms with E-state index in [0.717, 1.165) is 89.9 Å². The zero-order valence-electron chi connectivity index (χ0n) is 34.7. The quantitative estimate of drug-likeness (QED) is 0.0271. The van der Waals surface area contributed by atoms with E-state index < -0.39 is 11.9 Å². The Morgan fingerprint density at radius 1 is 0.441 bits per heavy atom. The summed E-state index contributed by atoms with van der Waals surface area (Å²) in [6.45, 7) is 5.68. The number of carbonyl (C=O) groups is 4. The number of carbonyl (C=O) groups excluding carboxylic acids is 4. The Balaban J connectivity index is 1.21. The second-order valence-electron chi connectivity index (χ2n) is 14.4. The highest BCUT2D eigenvalue weighted by Crippen LogP contribution is 2.22. The fourth-order valence-electron chi connectivity index (χ4n) is 6.06. The zero-order valence-corrected chi connectivity index (χ0v) is 34.7. The third kappa shape index (κ3) is 22.5. The number of aliphatic hydroxyl groups is 1. The van der Waals surface area contributed by atoms with Crippen molar-refractivity contribution in [2.75, 3.05) is 33.0 Å². The van der Waals surface area contributed by atoms with Crippen molar-refractivity contribution in [1.29, 1.82) is 0 Å². The molecule has 11 heteroatoms. The summed E-state index contributed by atoms with van der Waals surface area (Å²) in [4.78, 5) is 48.1. The van der Waals surface area contributed by atoms with Crippen LogP contribution < -0.4 is 18.9 Å². The van der Waals surface area contributed by atoms with E-state index in [4.69, 9.17) is 33.5 Å². The van der Waals surface area contributed by atoms with Gasteiger partial charge >= 0.3 is 23.9 Å². The molecular weight excluding hydrogens is 753 g/mol. The zero-order chi connectivity index (χ0) is 42.2. The first-order chi connectivity index (χ1) is 28.9. The lowest BCUT2D eigenvalue weighted by atomic mass is 10.1. The SMILES string of the molecule is C=CC(=O)OCCCCCCCCCCCOc1ccc(C(=O)Oc2ccc(OC(=O)c3ccc(OCCCCCCCCOC(=O)CCCCCO)cc3)cc2)cc1. The van der Waals surface area contributed by atoms with Gasteiger partial charge in [0.05, 0.1) is 37.6 Å². The third-order valence-electron chi connectivity index (χ3n) is 9.50. The average Bonchev–Trinajstić information content (AvgIpc) is 3.25. The molecule has 0 amide bonds. The molecule has 11 nitrogen and oxygen atoms in total. The van der Waals surface area contributed by atoms with E-state index in [1.165, 1.54) is 31.8 Å². The Morgan fingerprint density at radius 3 is 1.20 bits per heavy atom. The largest absolute Gasteiger partial charge is 0.494 e. The van der Waals surface area contributed by atoms with Crippen LogP contribution in [0.15, 0.2) is 85.5 Å². The average molecular weight is 817 g/mol. The minimum absolute atomic E-state index is 0.153. The normalized spacial score (nSPS) is 10.7. The Hall–Kier alpha value is -5.16. The van der Waals surface area contributed by atoms with Crippen LogP contribution >= 0.6 is 0 Å². The maximum atomic E-state index is 12.7. The molecule has 0 radical (unpaired) electrons. The number of ether oxygens (including phenoxy) is 6. The topological polar surface area (TPSA) is 144 Å². The van der Waals surface area contributed by atoms with Crippen LogP contribution in [0, 0.1) is 0 Å². The van der Waals surface area contributed by atoms with Crippen LogP contribution in [-0.4, -0.2) is 62.0 Å². The first-order valence-electron chi connectivity index (χ1n) is 21.4. The third-order valence-corrected chi connectivity index (χ3v) is 9.50. The molecule has 0 aromatic heterocycles. The standard InChI is InChI=1S/C48H64O11/c1-2-45(50)56-37-19-12-7-5-3-4-6-10-17-35-54-41-26-22-39(23-27-41)47(52)58-43-30-32-44(33-31-43)59-48(53)40-24-28-42(29-25-40)55-36-18-11-8-9-13-20-38-57-46(51)21-15-14-16-34-49/h2,22-33,49H,1,3-21,34-38H2. The van der Waals surface area contributed by atoms with Crippen molar-refractivity contribution < 1.29 is 52.7 Å². The number of aliphatic hydroxyl groups excluding tert-OH is 1. The van der Waals surface area contributed by atoms with Crippen molar-refractivity contribution in [3.63, 3.8) is 0 Å². The van der Waals surface area contributed by atoms with Gasteiger partial charge in [-0.1, -0.05) is 83.6 Å². The van der Waals surface area contributed by atoms with Crippen molar-refractivity contribution in [1.82, 2.24) is 0 Å². The van der Waals surface area contributed by atoms with E-state index in [9.17, 15) is 19.2 Å². The van der Waals surface area contributed by atoms with Crippen LogP contribution in [-0.2, 0) is 19.1 Å². The van der Waals surface area contributed by atoms with E-state index in [2.05, 4.69) is 6.58 Å². The number of benzene rings is 3. The summed E-state index contributed by atoms with van der Waals surface area (Å²) in [6, 6.07) is 20.0. The summed E-state index contributed by atoms with van der Waals surface area (Å²) in [6.07, 6.45) is 19.9. The molecule has 0 saturated carbocycles. The predicted molar refractivity (Wildman–Crippen MR) is 227 cm³/mol. The van der Waals surface area contributed by atoms with Crippen molar-refractivity contribution in [3.8, 4) is 23.0 Å².